The summed E-state index contributed by atoms with van der Waals surface area (Å²) in [6.07, 6.45) is 1.20. The normalized spacial score (nSPS) is 10.5. The van der Waals surface area contributed by atoms with Gasteiger partial charge in [-0.25, -0.2) is 4.68 Å². The molecule has 0 aliphatic carbocycles. The third-order valence-electron chi connectivity index (χ3n) is 1.52. The van der Waals surface area contributed by atoms with E-state index in [1.54, 1.807) is 0 Å². The van der Waals surface area contributed by atoms with Crippen LogP contribution in [0.15, 0.2) is 16.1 Å². The number of tetrazole rings is 1. The second-order valence-electron chi connectivity index (χ2n) is 2.65. The fourth-order valence-electron chi connectivity index (χ4n) is 0.921. The SMILES string of the molecule is O=C(O)CSc1nnnn1Cc1ncon1. The Hall–Kier alpha value is -1.97. The van der Waals surface area contributed by atoms with Crippen molar-refractivity contribution in [2.75, 3.05) is 5.75 Å². The van der Waals surface area contributed by atoms with Crippen LogP contribution in [0.3, 0.4) is 0 Å². The topological polar surface area (TPSA) is 120 Å². The first kappa shape index (κ1) is 10.5. The third-order valence-corrected chi connectivity index (χ3v) is 2.46. The average molecular weight is 242 g/mol. The summed E-state index contributed by atoms with van der Waals surface area (Å²) in [5, 5.41) is 23.3. The van der Waals surface area contributed by atoms with Crippen molar-refractivity contribution in [2.24, 2.45) is 0 Å². The lowest BCUT2D eigenvalue weighted by molar-refractivity contribution is -0.133. The first-order valence-corrected chi connectivity index (χ1v) is 5.10. The van der Waals surface area contributed by atoms with Crippen molar-refractivity contribution < 1.29 is 14.4 Å². The Morgan fingerprint density at radius 1 is 1.62 bits per heavy atom. The lowest BCUT2D eigenvalue weighted by Gasteiger charge is -1.98. The molecule has 0 saturated heterocycles. The summed E-state index contributed by atoms with van der Waals surface area (Å²) in [5.41, 5.74) is 0. The van der Waals surface area contributed by atoms with Crippen molar-refractivity contribution in [1.29, 1.82) is 0 Å². The number of nitrogens with zero attached hydrogens (tertiary/aromatic N) is 6. The van der Waals surface area contributed by atoms with Crippen LogP contribution >= 0.6 is 11.8 Å². The van der Waals surface area contributed by atoms with E-state index in [0.717, 1.165) is 11.8 Å². The largest absolute Gasteiger partial charge is 0.481 e. The molecule has 9 nitrogen and oxygen atoms in total. The molecule has 0 spiro atoms. The maximum atomic E-state index is 10.4. The number of hydrogen-bond acceptors (Lipinski definition) is 8. The van der Waals surface area contributed by atoms with E-state index in [2.05, 4.69) is 30.2 Å². The Bertz CT molecular complexity index is 468. The molecule has 0 aromatic carbocycles. The number of thioether (sulfide) groups is 1. The summed E-state index contributed by atoms with van der Waals surface area (Å²) in [4.78, 5) is 14.2. The molecule has 1 N–H and O–H groups in total. The molecule has 2 aromatic rings. The molecule has 0 unspecified atom stereocenters. The fraction of sp³-hybridized carbons (Fsp3) is 0.333. The summed E-state index contributed by atoms with van der Waals surface area (Å²) in [5.74, 6) is -0.615. The van der Waals surface area contributed by atoms with Gasteiger partial charge in [-0.05, 0) is 10.4 Å². The van der Waals surface area contributed by atoms with Crippen molar-refractivity contribution in [3.63, 3.8) is 0 Å². The van der Waals surface area contributed by atoms with Gasteiger partial charge in [0.05, 0.1) is 5.75 Å². The number of carboxylic acid groups (broad SMARTS) is 1. The zero-order valence-corrected chi connectivity index (χ0v) is 8.66. The van der Waals surface area contributed by atoms with Crippen molar-refractivity contribution >= 4 is 17.7 Å². The van der Waals surface area contributed by atoms with Crippen LogP contribution in [0.5, 0.6) is 0 Å². The molecule has 0 fully saturated rings. The second-order valence-corrected chi connectivity index (χ2v) is 3.59. The minimum atomic E-state index is -0.931. The summed E-state index contributed by atoms with van der Waals surface area (Å²) in [7, 11) is 0. The maximum absolute atomic E-state index is 10.4. The Kier molecular flexibility index (Phi) is 3.10. The molecule has 0 aliphatic rings. The summed E-state index contributed by atoms with van der Waals surface area (Å²) >= 11 is 1.02. The molecular weight excluding hydrogens is 236 g/mol. The van der Waals surface area contributed by atoms with E-state index < -0.39 is 5.97 Å². The van der Waals surface area contributed by atoms with Crippen LogP contribution in [-0.4, -0.2) is 47.2 Å². The predicted octanol–water partition coefficient (Wildman–Crippen LogP) is -0.719. The van der Waals surface area contributed by atoms with Gasteiger partial charge in [0.15, 0.2) is 5.82 Å². The van der Waals surface area contributed by atoms with Crippen LogP contribution in [0.1, 0.15) is 5.82 Å². The highest BCUT2D eigenvalue weighted by Gasteiger charge is 2.11. The molecule has 84 valence electrons. The summed E-state index contributed by atoms with van der Waals surface area (Å²) < 4.78 is 5.96. The summed E-state index contributed by atoms with van der Waals surface area (Å²) in [6.45, 7) is 0.242. The van der Waals surface area contributed by atoms with E-state index >= 15 is 0 Å². The number of aliphatic carboxylic acids is 1. The van der Waals surface area contributed by atoms with Crippen LogP contribution in [0.25, 0.3) is 0 Å². The van der Waals surface area contributed by atoms with Gasteiger partial charge in [-0.2, -0.15) is 4.98 Å². The van der Waals surface area contributed by atoms with Gasteiger partial charge in [0.25, 0.3) is 0 Å². The molecule has 16 heavy (non-hydrogen) atoms. The highest BCUT2D eigenvalue weighted by molar-refractivity contribution is 7.99. The second kappa shape index (κ2) is 4.70. The van der Waals surface area contributed by atoms with Crippen molar-refractivity contribution in [3.05, 3.63) is 12.2 Å². The van der Waals surface area contributed by atoms with Gasteiger partial charge < -0.3 is 9.63 Å². The van der Waals surface area contributed by atoms with Gasteiger partial charge >= 0.3 is 5.97 Å². The van der Waals surface area contributed by atoms with E-state index in [1.807, 2.05) is 0 Å². The smallest absolute Gasteiger partial charge is 0.313 e. The molecule has 10 heteroatoms. The van der Waals surface area contributed by atoms with E-state index in [0.29, 0.717) is 11.0 Å². The number of aromatic nitrogens is 6. The molecule has 0 radical (unpaired) electrons. The molecule has 0 bridgehead atoms. The Balaban J connectivity index is 2.04. The molecule has 0 atom stereocenters. The minimum absolute atomic E-state index is 0.105. The van der Waals surface area contributed by atoms with Gasteiger partial charge in [-0.3, -0.25) is 4.79 Å². The first-order chi connectivity index (χ1) is 7.75. The highest BCUT2D eigenvalue weighted by Crippen LogP contribution is 2.13. The van der Waals surface area contributed by atoms with Gasteiger partial charge in [0.2, 0.25) is 11.6 Å². The molecular formula is C6H6N6O3S. The molecule has 2 rings (SSSR count). The monoisotopic (exact) mass is 242 g/mol. The highest BCUT2D eigenvalue weighted by atomic mass is 32.2. The predicted molar refractivity (Wildman–Crippen MR) is 49.6 cm³/mol. The number of carbonyl (C=O) groups is 1. The van der Waals surface area contributed by atoms with Crippen LogP contribution in [0.2, 0.25) is 0 Å². The van der Waals surface area contributed by atoms with Crippen LogP contribution in [0.4, 0.5) is 0 Å². The van der Waals surface area contributed by atoms with Crippen molar-refractivity contribution in [1.82, 2.24) is 30.3 Å². The van der Waals surface area contributed by atoms with E-state index in [1.165, 1.54) is 11.1 Å². The van der Waals surface area contributed by atoms with Crippen molar-refractivity contribution in [2.45, 2.75) is 11.7 Å². The molecule has 0 aliphatic heterocycles. The molecule has 2 aromatic heterocycles. The average Bonchev–Trinajstić information content (AvgIpc) is 2.87. The third kappa shape index (κ3) is 2.53. The fourth-order valence-corrected chi connectivity index (χ4v) is 1.52. The Morgan fingerprint density at radius 3 is 3.19 bits per heavy atom. The van der Waals surface area contributed by atoms with Crippen molar-refractivity contribution in [3.8, 4) is 0 Å². The molecule has 0 amide bonds. The van der Waals surface area contributed by atoms with Crippen LogP contribution in [0, 0.1) is 0 Å². The summed E-state index contributed by atoms with van der Waals surface area (Å²) in [6, 6.07) is 0. The van der Waals surface area contributed by atoms with Crippen LogP contribution in [-0.2, 0) is 11.3 Å². The zero-order valence-electron chi connectivity index (χ0n) is 7.85. The minimum Gasteiger partial charge on any atom is -0.481 e. The maximum Gasteiger partial charge on any atom is 0.313 e. The standard InChI is InChI=1S/C6H6N6O3S/c13-5(14)2-16-6-8-10-11-12(6)1-4-7-3-15-9-4/h3H,1-2H2,(H,13,14). The quantitative estimate of drug-likeness (QED) is 0.677. The number of carboxylic acids is 1. The Morgan fingerprint density at radius 2 is 2.50 bits per heavy atom. The van der Waals surface area contributed by atoms with Gasteiger partial charge in [-0.1, -0.05) is 16.9 Å². The molecule has 2 heterocycles. The lowest BCUT2D eigenvalue weighted by Crippen LogP contribution is -2.07. The number of rotatable bonds is 5. The number of hydrogen-bond donors (Lipinski definition) is 1. The van der Waals surface area contributed by atoms with Gasteiger partial charge in [0.1, 0.15) is 6.54 Å². The van der Waals surface area contributed by atoms with Gasteiger partial charge in [-0.15, -0.1) is 5.10 Å². The van der Waals surface area contributed by atoms with E-state index in [4.69, 9.17) is 5.11 Å². The van der Waals surface area contributed by atoms with E-state index in [9.17, 15) is 4.79 Å². The van der Waals surface area contributed by atoms with Crippen LogP contribution < -0.4 is 0 Å². The Labute approximate surface area is 92.8 Å². The first-order valence-electron chi connectivity index (χ1n) is 4.11. The van der Waals surface area contributed by atoms with E-state index in [-0.39, 0.29) is 12.3 Å². The van der Waals surface area contributed by atoms with Gasteiger partial charge in [0, 0.05) is 0 Å². The zero-order chi connectivity index (χ0) is 11.4. The lowest BCUT2D eigenvalue weighted by atomic mass is 10.6. The molecule has 0 saturated carbocycles.